The summed E-state index contributed by atoms with van der Waals surface area (Å²) in [6, 6.07) is 7.35. The Kier molecular flexibility index (Phi) is 5.87. The van der Waals surface area contributed by atoms with E-state index in [-0.39, 0.29) is 12.4 Å². The Bertz CT molecular complexity index is 417. The van der Waals surface area contributed by atoms with E-state index in [1.807, 2.05) is 18.2 Å². The summed E-state index contributed by atoms with van der Waals surface area (Å²) in [5.74, 6) is -1.11. The van der Waals surface area contributed by atoms with Gasteiger partial charge in [-0.15, -0.1) is 0 Å². The molecule has 0 saturated carbocycles. The number of esters is 1. The van der Waals surface area contributed by atoms with Crippen LogP contribution in [0.25, 0.3) is 0 Å². The number of carbonyl (C=O) groups is 2. The van der Waals surface area contributed by atoms with Crippen LogP contribution >= 0.6 is 0 Å². The normalized spacial score (nSPS) is 10.1. The van der Waals surface area contributed by atoms with E-state index >= 15 is 0 Å². The molecule has 0 saturated heterocycles. The van der Waals surface area contributed by atoms with Crippen LogP contribution in [0.5, 0.6) is 0 Å². The first-order valence-corrected chi connectivity index (χ1v) is 5.69. The molecule has 0 fully saturated rings. The first kappa shape index (κ1) is 14.2. The number of carboxylic acids is 1. The zero-order valence-electron chi connectivity index (χ0n) is 10.3. The number of hydrogen-bond acceptors (Lipinski definition) is 4. The van der Waals surface area contributed by atoms with Crippen molar-refractivity contribution < 1.29 is 19.4 Å². The zero-order chi connectivity index (χ0) is 13.4. The Morgan fingerprint density at radius 2 is 1.94 bits per heavy atom. The van der Waals surface area contributed by atoms with E-state index < -0.39 is 5.97 Å². The van der Waals surface area contributed by atoms with Crippen molar-refractivity contribution in [2.45, 2.75) is 19.4 Å². The number of carbonyl (C=O) groups excluding carboxylic acids is 1. The maximum atomic E-state index is 10.9. The minimum Gasteiger partial charge on any atom is -0.481 e. The molecule has 0 aliphatic carbocycles. The minimum atomic E-state index is -0.850. The third-order valence-electron chi connectivity index (χ3n) is 2.51. The van der Waals surface area contributed by atoms with Gasteiger partial charge in [-0.05, 0) is 11.1 Å². The van der Waals surface area contributed by atoms with Gasteiger partial charge in [0.2, 0.25) is 0 Å². The van der Waals surface area contributed by atoms with E-state index in [1.54, 1.807) is 6.07 Å². The topological polar surface area (TPSA) is 75.6 Å². The van der Waals surface area contributed by atoms with Gasteiger partial charge in [0.25, 0.3) is 0 Å². The second-order valence-corrected chi connectivity index (χ2v) is 3.84. The van der Waals surface area contributed by atoms with Gasteiger partial charge in [-0.25, -0.2) is 0 Å². The molecule has 0 bridgehead atoms. The summed E-state index contributed by atoms with van der Waals surface area (Å²) in [6.07, 6.45) is 0.312. The average Bonchev–Trinajstić information content (AvgIpc) is 2.35. The van der Waals surface area contributed by atoms with Gasteiger partial charge in [0.1, 0.15) is 0 Å². The van der Waals surface area contributed by atoms with E-state index in [0.717, 1.165) is 11.1 Å². The van der Waals surface area contributed by atoms with Crippen LogP contribution < -0.4 is 5.32 Å². The molecule has 0 spiro atoms. The largest absolute Gasteiger partial charge is 0.481 e. The quantitative estimate of drug-likeness (QED) is 0.558. The van der Waals surface area contributed by atoms with Crippen LogP contribution in [0, 0.1) is 0 Å². The molecule has 0 unspecified atom stereocenters. The number of methoxy groups -OCH3 is 1. The highest BCUT2D eigenvalue weighted by molar-refractivity contribution is 5.70. The molecule has 0 aliphatic heterocycles. The maximum absolute atomic E-state index is 10.9. The lowest BCUT2D eigenvalue weighted by atomic mass is 10.0. The lowest BCUT2D eigenvalue weighted by Gasteiger charge is -2.08. The van der Waals surface area contributed by atoms with Gasteiger partial charge in [-0.2, -0.15) is 0 Å². The van der Waals surface area contributed by atoms with Gasteiger partial charge in [0.05, 0.1) is 20.0 Å². The number of rotatable bonds is 7. The van der Waals surface area contributed by atoms with E-state index in [9.17, 15) is 9.59 Å². The van der Waals surface area contributed by atoms with Crippen molar-refractivity contribution >= 4 is 11.9 Å². The van der Waals surface area contributed by atoms with E-state index in [0.29, 0.717) is 19.5 Å². The molecule has 0 radical (unpaired) electrons. The third kappa shape index (κ3) is 4.97. The highest BCUT2D eigenvalue weighted by Gasteiger charge is 2.06. The molecule has 0 atom stereocenters. The molecule has 1 aromatic rings. The number of carboxylic acid groups (broad SMARTS) is 1. The van der Waals surface area contributed by atoms with Crippen molar-refractivity contribution in [3.8, 4) is 0 Å². The molecule has 18 heavy (non-hydrogen) atoms. The first-order valence-electron chi connectivity index (χ1n) is 5.69. The van der Waals surface area contributed by atoms with Crippen molar-refractivity contribution in [3.63, 3.8) is 0 Å². The smallest absolute Gasteiger partial charge is 0.307 e. The van der Waals surface area contributed by atoms with Gasteiger partial charge in [-0.1, -0.05) is 24.3 Å². The van der Waals surface area contributed by atoms with Gasteiger partial charge in [0, 0.05) is 13.1 Å². The molecule has 1 rings (SSSR count). The Morgan fingerprint density at radius 1 is 1.28 bits per heavy atom. The van der Waals surface area contributed by atoms with Gasteiger partial charge < -0.3 is 15.2 Å². The van der Waals surface area contributed by atoms with Crippen LogP contribution in [-0.2, 0) is 27.3 Å². The molecule has 5 nitrogen and oxygen atoms in total. The van der Waals surface area contributed by atoms with Crippen LogP contribution in [0.4, 0.5) is 0 Å². The molecule has 0 aliphatic rings. The van der Waals surface area contributed by atoms with Crippen LogP contribution in [0.2, 0.25) is 0 Å². The van der Waals surface area contributed by atoms with Crippen molar-refractivity contribution in [3.05, 3.63) is 35.4 Å². The number of benzene rings is 1. The molecule has 0 aromatic heterocycles. The monoisotopic (exact) mass is 251 g/mol. The van der Waals surface area contributed by atoms with Gasteiger partial charge in [0.15, 0.2) is 0 Å². The second-order valence-electron chi connectivity index (χ2n) is 3.84. The molecule has 0 amide bonds. The lowest BCUT2D eigenvalue weighted by Crippen LogP contribution is -2.19. The lowest BCUT2D eigenvalue weighted by molar-refractivity contribution is -0.140. The Hall–Kier alpha value is -1.88. The van der Waals surface area contributed by atoms with Crippen LogP contribution in [-0.4, -0.2) is 30.7 Å². The van der Waals surface area contributed by atoms with Crippen molar-refractivity contribution in [2.24, 2.45) is 0 Å². The predicted molar refractivity (Wildman–Crippen MR) is 66.1 cm³/mol. The average molecular weight is 251 g/mol. The Labute approximate surface area is 106 Å². The summed E-state index contributed by atoms with van der Waals surface area (Å²) in [7, 11) is 1.35. The summed E-state index contributed by atoms with van der Waals surface area (Å²) in [4.78, 5) is 21.6. The summed E-state index contributed by atoms with van der Waals surface area (Å²) >= 11 is 0. The minimum absolute atomic E-state index is 0.00878. The maximum Gasteiger partial charge on any atom is 0.307 e. The third-order valence-corrected chi connectivity index (χ3v) is 2.51. The summed E-state index contributed by atoms with van der Waals surface area (Å²) in [6.45, 7) is 1.05. The highest BCUT2D eigenvalue weighted by atomic mass is 16.5. The summed E-state index contributed by atoms with van der Waals surface area (Å²) in [5.41, 5.74) is 1.72. The number of aliphatic carboxylic acids is 1. The molecule has 98 valence electrons. The highest BCUT2D eigenvalue weighted by Crippen LogP contribution is 2.09. The van der Waals surface area contributed by atoms with E-state index in [2.05, 4.69) is 10.1 Å². The second kappa shape index (κ2) is 7.45. The molecule has 5 heteroatoms. The standard InChI is InChI=1S/C13H17NO4/c1-18-13(17)6-7-14-9-11-5-3-2-4-10(11)8-12(15)16/h2-5,14H,6-9H2,1H3,(H,15,16). The zero-order valence-corrected chi connectivity index (χ0v) is 10.3. The summed E-state index contributed by atoms with van der Waals surface area (Å²) < 4.78 is 4.52. The van der Waals surface area contributed by atoms with E-state index in [1.165, 1.54) is 7.11 Å². The number of nitrogens with one attached hydrogen (secondary N) is 1. The number of ether oxygens (including phenoxy) is 1. The molecule has 2 N–H and O–H groups in total. The SMILES string of the molecule is COC(=O)CCNCc1ccccc1CC(=O)O. The predicted octanol–water partition coefficient (Wildman–Crippen LogP) is 0.966. The van der Waals surface area contributed by atoms with E-state index in [4.69, 9.17) is 5.11 Å². The van der Waals surface area contributed by atoms with Crippen LogP contribution in [0.3, 0.4) is 0 Å². The first-order chi connectivity index (χ1) is 8.63. The van der Waals surface area contributed by atoms with Crippen LogP contribution in [0.15, 0.2) is 24.3 Å². The summed E-state index contributed by atoms with van der Waals surface area (Å²) in [5, 5.41) is 11.9. The Balaban J connectivity index is 2.46. The van der Waals surface area contributed by atoms with Crippen molar-refractivity contribution in [2.75, 3.05) is 13.7 Å². The van der Waals surface area contributed by atoms with Crippen LogP contribution in [0.1, 0.15) is 17.5 Å². The Morgan fingerprint density at radius 3 is 2.56 bits per heavy atom. The molecule has 0 heterocycles. The fourth-order valence-corrected chi connectivity index (χ4v) is 1.58. The molecule has 1 aromatic carbocycles. The molecular weight excluding hydrogens is 234 g/mol. The van der Waals surface area contributed by atoms with Crippen molar-refractivity contribution in [1.29, 1.82) is 0 Å². The fourth-order valence-electron chi connectivity index (χ4n) is 1.58. The number of hydrogen-bond donors (Lipinski definition) is 2. The van der Waals surface area contributed by atoms with Crippen molar-refractivity contribution in [1.82, 2.24) is 5.32 Å². The molecular formula is C13H17NO4. The fraction of sp³-hybridized carbons (Fsp3) is 0.385. The van der Waals surface area contributed by atoms with Gasteiger partial charge in [-0.3, -0.25) is 9.59 Å². The van der Waals surface area contributed by atoms with Gasteiger partial charge >= 0.3 is 11.9 Å².